The second kappa shape index (κ2) is 6.22. The summed E-state index contributed by atoms with van der Waals surface area (Å²) in [7, 11) is 0. The van der Waals surface area contributed by atoms with Crippen LogP contribution in [0.15, 0.2) is 30.5 Å². The molecule has 1 aromatic carbocycles. The lowest BCUT2D eigenvalue weighted by Gasteiger charge is -2.31. The monoisotopic (exact) mass is 377 g/mol. The average Bonchev–Trinajstić information content (AvgIpc) is 3.07. The Morgan fingerprint density at radius 2 is 2.11 bits per heavy atom. The Bertz CT molecular complexity index is 1070. The van der Waals surface area contributed by atoms with Gasteiger partial charge in [-0.15, -0.1) is 0 Å². The SMILES string of the molecule is CC1(C)Oc2cc(Nc3nc(CC4CCC4)c4cc[nH]c4n3)ccc2NC1=O. The van der Waals surface area contributed by atoms with Crippen LogP contribution in [-0.4, -0.2) is 26.5 Å². The molecule has 1 aliphatic heterocycles. The van der Waals surface area contributed by atoms with Gasteiger partial charge in [-0.1, -0.05) is 19.3 Å². The van der Waals surface area contributed by atoms with E-state index < -0.39 is 5.60 Å². The summed E-state index contributed by atoms with van der Waals surface area (Å²) in [5.41, 5.74) is 2.50. The van der Waals surface area contributed by atoms with Gasteiger partial charge in [0.05, 0.1) is 11.4 Å². The van der Waals surface area contributed by atoms with Crippen molar-refractivity contribution in [3.05, 3.63) is 36.2 Å². The van der Waals surface area contributed by atoms with E-state index in [1.54, 1.807) is 13.8 Å². The summed E-state index contributed by atoms with van der Waals surface area (Å²) < 4.78 is 5.87. The van der Waals surface area contributed by atoms with Crippen LogP contribution in [0.25, 0.3) is 11.0 Å². The van der Waals surface area contributed by atoms with Gasteiger partial charge in [-0.2, -0.15) is 4.98 Å². The first kappa shape index (κ1) is 17.0. The minimum Gasteiger partial charge on any atom is -0.476 e. The van der Waals surface area contributed by atoms with Crippen molar-refractivity contribution < 1.29 is 9.53 Å². The molecular formula is C21H23N5O2. The van der Waals surface area contributed by atoms with E-state index in [1.807, 2.05) is 30.5 Å². The third-order valence-corrected chi connectivity index (χ3v) is 5.60. The van der Waals surface area contributed by atoms with Crippen LogP contribution in [0.5, 0.6) is 5.75 Å². The second-order valence-electron chi connectivity index (χ2n) is 8.14. The van der Waals surface area contributed by atoms with Crippen LogP contribution in [0, 0.1) is 5.92 Å². The molecule has 0 saturated heterocycles. The predicted octanol–water partition coefficient (Wildman–Crippen LogP) is 4.15. The van der Waals surface area contributed by atoms with Gasteiger partial charge in [-0.25, -0.2) is 4.98 Å². The Hall–Kier alpha value is -3.09. The van der Waals surface area contributed by atoms with Crippen molar-refractivity contribution in [3.8, 4) is 5.75 Å². The molecule has 5 rings (SSSR count). The molecule has 7 heteroatoms. The molecule has 2 aromatic heterocycles. The number of H-pyrrole nitrogens is 1. The molecule has 2 aliphatic rings. The number of hydrogen-bond acceptors (Lipinski definition) is 5. The minimum atomic E-state index is -0.902. The molecule has 28 heavy (non-hydrogen) atoms. The number of fused-ring (bicyclic) bond motifs is 2. The number of aromatic amines is 1. The van der Waals surface area contributed by atoms with Crippen molar-refractivity contribution in [2.45, 2.75) is 45.1 Å². The number of nitrogens with one attached hydrogen (secondary N) is 3. The van der Waals surface area contributed by atoms with Gasteiger partial charge >= 0.3 is 0 Å². The highest BCUT2D eigenvalue weighted by molar-refractivity contribution is 6.00. The smallest absolute Gasteiger partial charge is 0.268 e. The Kier molecular flexibility index (Phi) is 3.79. The van der Waals surface area contributed by atoms with E-state index >= 15 is 0 Å². The second-order valence-corrected chi connectivity index (χ2v) is 8.14. The normalized spacial score (nSPS) is 18.1. The van der Waals surface area contributed by atoms with E-state index in [1.165, 1.54) is 19.3 Å². The topological polar surface area (TPSA) is 91.9 Å². The number of carbonyl (C=O) groups is 1. The maximum atomic E-state index is 12.0. The van der Waals surface area contributed by atoms with Crippen LogP contribution in [0.1, 0.15) is 38.8 Å². The highest BCUT2D eigenvalue weighted by Gasteiger charge is 2.35. The molecule has 1 amide bonds. The van der Waals surface area contributed by atoms with E-state index in [-0.39, 0.29) is 5.91 Å². The van der Waals surface area contributed by atoms with Gasteiger partial charge in [0.15, 0.2) is 5.60 Å². The quantitative estimate of drug-likeness (QED) is 0.635. The largest absolute Gasteiger partial charge is 0.476 e. The first-order valence-corrected chi connectivity index (χ1v) is 9.73. The molecule has 3 N–H and O–H groups in total. The summed E-state index contributed by atoms with van der Waals surface area (Å²) in [5.74, 6) is 1.76. The molecular weight excluding hydrogens is 354 g/mol. The molecule has 1 fully saturated rings. The highest BCUT2D eigenvalue weighted by atomic mass is 16.5. The van der Waals surface area contributed by atoms with Gasteiger partial charge in [0.2, 0.25) is 5.95 Å². The van der Waals surface area contributed by atoms with Crippen molar-refractivity contribution in [1.82, 2.24) is 15.0 Å². The zero-order valence-corrected chi connectivity index (χ0v) is 16.0. The number of hydrogen-bond donors (Lipinski definition) is 3. The van der Waals surface area contributed by atoms with Gasteiger partial charge in [0, 0.05) is 23.3 Å². The standard InChI is InChI=1S/C21H23N5O2/c1-21(2)19(27)24-15-7-6-13(11-17(15)28-21)23-20-25-16(10-12-4-3-5-12)14-8-9-22-18(14)26-20/h6-9,11-12H,3-5,10H2,1-2H3,(H,24,27)(H2,22,23,25,26). The van der Waals surface area contributed by atoms with Gasteiger partial charge in [-0.05, 0) is 44.4 Å². The number of carbonyl (C=O) groups excluding carboxylic acids is 1. The summed E-state index contributed by atoms with van der Waals surface area (Å²) in [6.45, 7) is 3.50. The van der Waals surface area contributed by atoms with E-state index in [4.69, 9.17) is 9.72 Å². The third kappa shape index (κ3) is 2.96. The Morgan fingerprint density at radius 3 is 2.89 bits per heavy atom. The van der Waals surface area contributed by atoms with Crippen LogP contribution in [-0.2, 0) is 11.2 Å². The van der Waals surface area contributed by atoms with E-state index in [9.17, 15) is 4.79 Å². The zero-order chi connectivity index (χ0) is 19.3. The van der Waals surface area contributed by atoms with Gasteiger partial charge in [0.25, 0.3) is 5.91 Å². The average molecular weight is 377 g/mol. The number of anilines is 3. The molecule has 1 saturated carbocycles. The molecule has 144 valence electrons. The summed E-state index contributed by atoms with van der Waals surface area (Å²) in [6, 6.07) is 7.62. The van der Waals surface area contributed by atoms with Crippen molar-refractivity contribution in [1.29, 1.82) is 0 Å². The van der Waals surface area contributed by atoms with Crippen LogP contribution in [0.4, 0.5) is 17.3 Å². The first-order chi connectivity index (χ1) is 13.5. The summed E-state index contributed by atoms with van der Waals surface area (Å²) in [4.78, 5) is 24.6. The lowest BCUT2D eigenvalue weighted by molar-refractivity contribution is -0.129. The van der Waals surface area contributed by atoms with Crippen molar-refractivity contribution >= 4 is 34.3 Å². The van der Waals surface area contributed by atoms with Gasteiger partial charge in [-0.3, -0.25) is 4.79 Å². The number of benzene rings is 1. The maximum Gasteiger partial charge on any atom is 0.268 e. The number of rotatable bonds is 4. The highest BCUT2D eigenvalue weighted by Crippen LogP contribution is 2.36. The molecule has 0 spiro atoms. The summed E-state index contributed by atoms with van der Waals surface area (Å²) in [6.07, 6.45) is 6.77. The van der Waals surface area contributed by atoms with Crippen LogP contribution in [0.2, 0.25) is 0 Å². The minimum absolute atomic E-state index is 0.151. The maximum absolute atomic E-state index is 12.0. The Morgan fingerprint density at radius 1 is 1.25 bits per heavy atom. The van der Waals surface area contributed by atoms with E-state index in [2.05, 4.69) is 20.6 Å². The first-order valence-electron chi connectivity index (χ1n) is 9.73. The number of amides is 1. The van der Waals surface area contributed by atoms with E-state index in [0.717, 1.165) is 34.8 Å². The molecule has 3 heterocycles. The molecule has 0 bridgehead atoms. The molecule has 3 aromatic rings. The van der Waals surface area contributed by atoms with Gasteiger partial charge < -0.3 is 20.4 Å². The van der Waals surface area contributed by atoms with Gasteiger partial charge in [0.1, 0.15) is 11.4 Å². The molecule has 7 nitrogen and oxygen atoms in total. The summed E-state index contributed by atoms with van der Waals surface area (Å²) >= 11 is 0. The van der Waals surface area contributed by atoms with Crippen molar-refractivity contribution in [3.63, 3.8) is 0 Å². The molecule has 1 aliphatic carbocycles. The number of ether oxygens (including phenoxy) is 1. The molecule has 0 radical (unpaired) electrons. The lowest BCUT2D eigenvalue weighted by atomic mass is 9.82. The lowest BCUT2D eigenvalue weighted by Crippen LogP contribution is -2.45. The predicted molar refractivity (Wildman–Crippen MR) is 108 cm³/mol. The fourth-order valence-corrected chi connectivity index (χ4v) is 3.70. The zero-order valence-electron chi connectivity index (χ0n) is 16.0. The van der Waals surface area contributed by atoms with Crippen LogP contribution in [0.3, 0.4) is 0 Å². The fraction of sp³-hybridized carbons (Fsp3) is 0.381. The Labute approximate surface area is 162 Å². The number of aromatic nitrogens is 3. The molecule has 0 unspecified atom stereocenters. The van der Waals surface area contributed by atoms with Crippen molar-refractivity contribution in [2.24, 2.45) is 5.92 Å². The fourth-order valence-electron chi connectivity index (χ4n) is 3.70. The van der Waals surface area contributed by atoms with Crippen LogP contribution < -0.4 is 15.4 Å². The third-order valence-electron chi connectivity index (χ3n) is 5.60. The molecule has 0 atom stereocenters. The summed E-state index contributed by atoms with van der Waals surface area (Å²) in [5, 5.41) is 7.26. The van der Waals surface area contributed by atoms with E-state index in [0.29, 0.717) is 17.4 Å². The Balaban J connectivity index is 1.45. The van der Waals surface area contributed by atoms with Crippen LogP contribution >= 0.6 is 0 Å². The number of nitrogens with zero attached hydrogens (tertiary/aromatic N) is 2. The van der Waals surface area contributed by atoms with Crippen molar-refractivity contribution in [2.75, 3.05) is 10.6 Å².